The van der Waals surface area contributed by atoms with Gasteiger partial charge in [-0.2, -0.15) is 0 Å². The van der Waals surface area contributed by atoms with E-state index in [9.17, 15) is 19.8 Å². The molecule has 3 aromatic rings. The number of carbonyl (C=O) groups is 2. The number of aryl methyl sites for hydroxylation is 1. The van der Waals surface area contributed by atoms with E-state index in [4.69, 9.17) is 0 Å². The first-order chi connectivity index (χ1) is 13.9. The van der Waals surface area contributed by atoms with Crippen LogP contribution < -0.4 is 0 Å². The summed E-state index contributed by atoms with van der Waals surface area (Å²) in [5.41, 5.74) is 4.87. The van der Waals surface area contributed by atoms with E-state index in [2.05, 4.69) is 25.1 Å². The average Bonchev–Trinajstić information content (AvgIpc) is 2.74. The fourth-order valence-corrected chi connectivity index (χ4v) is 4.12. The normalized spacial score (nSPS) is 14.2. The maximum Gasteiger partial charge on any atom is 0.335 e. The van der Waals surface area contributed by atoms with Gasteiger partial charge >= 0.3 is 11.9 Å². The van der Waals surface area contributed by atoms with Crippen molar-refractivity contribution >= 4 is 18.0 Å². The molecule has 0 unspecified atom stereocenters. The van der Waals surface area contributed by atoms with Crippen LogP contribution in [0.4, 0.5) is 0 Å². The first kappa shape index (κ1) is 18.7. The van der Waals surface area contributed by atoms with Gasteiger partial charge in [-0.15, -0.1) is 0 Å². The predicted molar refractivity (Wildman–Crippen MR) is 111 cm³/mol. The number of carboxylic acids is 2. The molecule has 3 aromatic carbocycles. The Hall–Kier alpha value is -3.66. The number of benzene rings is 3. The Morgan fingerprint density at radius 3 is 1.93 bits per heavy atom. The van der Waals surface area contributed by atoms with Gasteiger partial charge in [-0.1, -0.05) is 54.6 Å². The Bertz CT molecular complexity index is 1100. The lowest BCUT2D eigenvalue weighted by atomic mass is 9.66. The molecule has 29 heavy (non-hydrogen) atoms. The largest absolute Gasteiger partial charge is 0.478 e. The third-order valence-corrected chi connectivity index (χ3v) is 5.70. The van der Waals surface area contributed by atoms with E-state index in [-0.39, 0.29) is 11.1 Å². The molecular formula is C25H20O4. The standard InChI is InChI=1S/C25H20O4/c1-16-5-2-6-17-11-12-25(15-22(16)17,20-9-3-7-18(13-20)23(26)27)21-10-4-8-19(14-21)24(28)29/h2-14H,15H2,1H3,(H,26,27)(H,28,29). The topological polar surface area (TPSA) is 74.6 Å². The molecule has 0 saturated carbocycles. The van der Waals surface area contributed by atoms with E-state index in [1.165, 1.54) is 5.56 Å². The highest BCUT2D eigenvalue weighted by atomic mass is 16.4. The summed E-state index contributed by atoms with van der Waals surface area (Å²) in [5.74, 6) is -1.98. The highest BCUT2D eigenvalue weighted by Gasteiger charge is 2.36. The molecule has 144 valence electrons. The molecule has 1 aliphatic rings. The van der Waals surface area contributed by atoms with Crippen LogP contribution >= 0.6 is 0 Å². The summed E-state index contributed by atoms with van der Waals surface area (Å²) in [5, 5.41) is 19.0. The summed E-state index contributed by atoms with van der Waals surface area (Å²) in [4.78, 5) is 23.2. The second kappa shape index (κ2) is 7.06. The molecule has 4 nitrogen and oxygen atoms in total. The van der Waals surface area contributed by atoms with Crippen LogP contribution in [-0.4, -0.2) is 22.2 Å². The summed E-state index contributed by atoms with van der Waals surface area (Å²) < 4.78 is 0. The number of rotatable bonds is 4. The first-order valence-corrected chi connectivity index (χ1v) is 9.36. The summed E-state index contributed by atoms with van der Waals surface area (Å²) in [6.07, 6.45) is 4.74. The van der Waals surface area contributed by atoms with Gasteiger partial charge in [-0.25, -0.2) is 9.59 Å². The van der Waals surface area contributed by atoms with Crippen molar-refractivity contribution in [3.8, 4) is 0 Å². The number of allylic oxidation sites excluding steroid dienone is 1. The van der Waals surface area contributed by atoms with Gasteiger partial charge < -0.3 is 10.2 Å². The maximum absolute atomic E-state index is 11.6. The number of hydrogen-bond acceptors (Lipinski definition) is 2. The fraction of sp³-hybridized carbons (Fsp3) is 0.120. The molecule has 0 bridgehead atoms. The van der Waals surface area contributed by atoms with Crippen molar-refractivity contribution in [2.45, 2.75) is 18.8 Å². The second-order valence-electron chi connectivity index (χ2n) is 7.40. The fourth-order valence-electron chi connectivity index (χ4n) is 4.12. The lowest BCUT2D eigenvalue weighted by Crippen LogP contribution is -2.31. The van der Waals surface area contributed by atoms with Gasteiger partial charge in [0.15, 0.2) is 0 Å². The minimum absolute atomic E-state index is 0.209. The summed E-state index contributed by atoms with van der Waals surface area (Å²) in [7, 11) is 0. The number of fused-ring (bicyclic) bond motifs is 1. The molecule has 0 fully saturated rings. The first-order valence-electron chi connectivity index (χ1n) is 9.36. The van der Waals surface area contributed by atoms with Crippen molar-refractivity contribution in [1.29, 1.82) is 0 Å². The Morgan fingerprint density at radius 1 is 0.828 bits per heavy atom. The molecule has 0 atom stereocenters. The van der Waals surface area contributed by atoms with Gasteiger partial charge in [0.25, 0.3) is 0 Å². The molecule has 2 N–H and O–H groups in total. The number of carboxylic acid groups (broad SMARTS) is 2. The minimum Gasteiger partial charge on any atom is -0.478 e. The van der Waals surface area contributed by atoms with Crippen molar-refractivity contribution in [2.24, 2.45) is 0 Å². The molecular weight excluding hydrogens is 364 g/mol. The lowest BCUT2D eigenvalue weighted by molar-refractivity contribution is 0.0686. The Labute approximate surface area is 168 Å². The van der Waals surface area contributed by atoms with Gasteiger partial charge in [0, 0.05) is 5.41 Å². The minimum atomic E-state index is -0.988. The van der Waals surface area contributed by atoms with Crippen molar-refractivity contribution in [2.75, 3.05) is 0 Å². The Morgan fingerprint density at radius 2 is 1.38 bits per heavy atom. The van der Waals surface area contributed by atoms with Crippen LogP contribution in [-0.2, 0) is 11.8 Å². The number of hydrogen-bond donors (Lipinski definition) is 2. The zero-order valence-corrected chi connectivity index (χ0v) is 15.9. The van der Waals surface area contributed by atoms with E-state index in [0.29, 0.717) is 6.42 Å². The van der Waals surface area contributed by atoms with Gasteiger partial charge in [-0.05, 0) is 65.4 Å². The maximum atomic E-state index is 11.6. The predicted octanol–water partition coefficient (Wildman–Crippen LogP) is 4.95. The molecule has 0 aliphatic heterocycles. The van der Waals surface area contributed by atoms with E-state index in [1.54, 1.807) is 36.4 Å². The smallest absolute Gasteiger partial charge is 0.335 e. The van der Waals surface area contributed by atoms with Gasteiger partial charge in [-0.3, -0.25) is 0 Å². The van der Waals surface area contributed by atoms with Crippen LogP contribution in [0, 0.1) is 6.92 Å². The molecule has 0 amide bonds. The van der Waals surface area contributed by atoms with Crippen molar-refractivity contribution in [3.05, 3.63) is 112 Å². The molecule has 4 heteroatoms. The molecule has 0 radical (unpaired) electrons. The molecule has 0 heterocycles. The Balaban J connectivity index is 1.98. The van der Waals surface area contributed by atoms with Crippen LogP contribution in [0.15, 0.2) is 72.8 Å². The molecule has 4 rings (SSSR count). The van der Waals surface area contributed by atoms with Crippen LogP contribution in [0.5, 0.6) is 0 Å². The van der Waals surface area contributed by atoms with Crippen LogP contribution in [0.2, 0.25) is 0 Å². The summed E-state index contributed by atoms with van der Waals surface area (Å²) in [6.45, 7) is 2.06. The van der Waals surface area contributed by atoms with Gasteiger partial charge in [0.1, 0.15) is 0 Å². The molecule has 0 saturated heterocycles. The van der Waals surface area contributed by atoms with Crippen LogP contribution in [0.25, 0.3) is 6.08 Å². The van der Waals surface area contributed by atoms with Crippen LogP contribution in [0.3, 0.4) is 0 Å². The number of aromatic carboxylic acids is 2. The average molecular weight is 384 g/mol. The molecule has 0 spiro atoms. The van der Waals surface area contributed by atoms with Gasteiger partial charge in [0.2, 0.25) is 0 Å². The molecule has 1 aliphatic carbocycles. The quantitative estimate of drug-likeness (QED) is 0.668. The third kappa shape index (κ3) is 3.23. The Kier molecular flexibility index (Phi) is 4.55. The lowest BCUT2D eigenvalue weighted by Gasteiger charge is -2.36. The van der Waals surface area contributed by atoms with Crippen LogP contribution in [0.1, 0.15) is 48.5 Å². The second-order valence-corrected chi connectivity index (χ2v) is 7.40. The summed E-state index contributed by atoms with van der Waals surface area (Å²) in [6, 6.07) is 19.9. The highest BCUT2D eigenvalue weighted by molar-refractivity contribution is 5.89. The van der Waals surface area contributed by atoms with E-state index in [1.807, 2.05) is 24.3 Å². The summed E-state index contributed by atoms with van der Waals surface area (Å²) >= 11 is 0. The van der Waals surface area contributed by atoms with Crippen molar-refractivity contribution in [1.82, 2.24) is 0 Å². The van der Waals surface area contributed by atoms with E-state index < -0.39 is 17.4 Å². The van der Waals surface area contributed by atoms with Crippen molar-refractivity contribution < 1.29 is 19.8 Å². The van der Waals surface area contributed by atoms with Crippen molar-refractivity contribution in [3.63, 3.8) is 0 Å². The SMILES string of the molecule is Cc1cccc2c1CC(c1cccc(C(=O)O)c1)(c1cccc(C(=O)O)c1)C=C2. The zero-order chi connectivity index (χ0) is 20.6. The third-order valence-electron chi connectivity index (χ3n) is 5.70. The molecule has 0 aromatic heterocycles. The monoisotopic (exact) mass is 384 g/mol. The van der Waals surface area contributed by atoms with Gasteiger partial charge in [0.05, 0.1) is 11.1 Å². The highest BCUT2D eigenvalue weighted by Crippen LogP contribution is 2.43. The van der Waals surface area contributed by atoms with E-state index >= 15 is 0 Å². The zero-order valence-electron chi connectivity index (χ0n) is 15.9. The van der Waals surface area contributed by atoms with E-state index in [0.717, 1.165) is 22.3 Å².